The number of hydrogen-bond donors (Lipinski definition) is 1. The third-order valence-electron chi connectivity index (χ3n) is 2.57. The number of hydrogen-bond acceptors (Lipinski definition) is 3. The molecule has 0 fully saturated rings. The number of aromatic nitrogens is 3. The highest BCUT2D eigenvalue weighted by Gasteiger charge is 2.05. The van der Waals surface area contributed by atoms with Crippen LogP contribution >= 0.6 is 0 Å². The van der Waals surface area contributed by atoms with Gasteiger partial charge in [0.05, 0.1) is 11.4 Å². The molecule has 0 atom stereocenters. The molecular weight excluding hydrogens is 212 g/mol. The van der Waals surface area contributed by atoms with E-state index in [4.69, 9.17) is 0 Å². The highest BCUT2D eigenvalue weighted by Crippen LogP contribution is 2.10. The van der Waals surface area contributed by atoms with Crippen LogP contribution in [0.2, 0.25) is 0 Å². The Bertz CT molecular complexity index is 502. The zero-order valence-corrected chi connectivity index (χ0v) is 10.6. The van der Waals surface area contributed by atoms with E-state index in [9.17, 15) is 0 Å². The highest BCUT2D eigenvalue weighted by atomic mass is 15.3. The monoisotopic (exact) mass is 230 g/mol. The maximum absolute atomic E-state index is 4.59. The van der Waals surface area contributed by atoms with Crippen molar-refractivity contribution in [3.63, 3.8) is 0 Å². The molecule has 0 saturated carbocycles. The first-order valence-electron chi connectivity index (χ1n) is 5.91. The molecule has 0 radical (unpaired) electrons. The Balaban J connectivity index is 2.29. The molecule has 90 valence electrons. The van der Waals surface area contributed by atoms with Crippen molar-refractivity contribution in [3.05, 3.63) is 41.3 Å². The van der Waals surface area contributed by atoms with Crippen LogP contribution in [-0.2, 0) is 6.54 Å². The van der Waals surface area contributed by atoms with Crippen LogP contribution in [0.15, 0.2) is 24.3 Å². The molecule has 0 amide bonds. The van der Waals surface area contributed by atoms with E-state index in [1.54, 1.807) is 0 Å². The second-order valence-electron chi connectivity index (χ2n) is 4.11. The largest absolute Gasteiger partial charge is 0.311 e. The molecule has 0 aromatic carbocycles. The predicted molar refractivity (Wildman–Crippen MR) is 68.2 cm³/mol. The van der Waals surface area contributed by atoms with Crippen molar-refractivity contribution in [1.29, 1.82) is 0 Å². The maximum atomic E-state index is 4.59. The lowest BCUT2D eigenvalue weighted by molar-refractivity contribution is 0.702. The molecule has 2 heterocycles. The van der Waals surface area contributed by atoms with Crippen molar-refractivity contribution in [2.75, 3.05) is 6.54 Å². The first-order valence-corrected chi connectivity index (χ1v) is 5.91. The van der Waals surface area contributed by atoms with Crippen molar-refractivity contribution in [3.8, 4) is 5.82 Å². The van der Waals surface area contributed by atoms with E-state index in [0.717, 1.165) is 36.0 Å². The normalized spacial score (nSPS) is 10.8. The molecule has 17 heavy (non-hydrogen) atoms. The van der Waals surface area contributed by atoms with Crippen LogP contribution in [0.3, 0.4) is 0 Å². The fraction of sp³-hybridized carbons (Fsp3) is 0.385. The van der Waals surface area contributed by atoms with Crippen LogP contribution in [-0.4, -0.2) is 21.3 Å². The van der Waals surface area contributed by atoms with Gasteiger partial charge in [0.15, 0.2) is 5.82 Å². The minimum Gasteiger partial charge on any atom is -0.311 e. The standard InChI is InChI=1S/C13H18N4/c1-4-14-9-12-6-5-7-13(15-12)17-11(3)8-10(2)16-17/h5-8,14H,4,9H2,1-3H3. The molecule has 0 saturated heterocycles. The number of rotatable bonds is 4. The Morgan fingerprint density at radius 2 is 2.12 bits per heavy atom. The topological polar surface area (TPSA) is 42.7 Å². The molecule has 0 unspecified atom stereocenters. The van der Waals surface area contributed by atoms with Gasteiger partial charge >= 0.3 is 0 Å². The predicted octanol–water partition coefficient (Wildman–Crippen LogP) is 1.99. The van der Waals surface area contributed by atoms with E-state index in [0.29, 0.717) is 0 Å². The van der Waals surface area contributed by atoms with Crippen LogP contribution in [0.1, 0.15) is 24.0 Å². The van der Waals surface area contributed by atoms with Gasteiger partial charge in [-0.2, -0.15) is 5.10 Å². The Morgan fingerprint density at radius 1 is 1.29 bits per heavy atom. The average Bonchev–Trinajstić information content (AvgIpc) is 2.66. The average molecular weight is 230 g/mol. The molecule has 4 nitrogen and oxygen atoms in total. The number of aryl methyl sites for hydroxylation is 2. The van der Waals surface area contributed by atoms with Gasteiger partial charge < -0.3 is 5.32 Å². The SMILES string of the molecule is CCNCc1cccc(-n2nc(C)cc2C)n1. The molecule has 0 aliphatic heterocycles. The van der Waals surface area contributed by atoms with Crippen molar-refractivity contribution < 1.29 is 0 Å². The molecule has 0 bridgehead atoms. The lowest BCUT2D eigenvalue weighted by Crippen LogP contribution is -2.14. The second-order valence-corrected chi connectivity index (χ2v) is 4.11. The Morgan fingerprint density at radius 3 is 2.76 bits per heavy atom. The van der Waals surface area contributed by atoms with Gasteiger partial charge in [-0.05, 0) is 38.6 Å². The summed E-state index contributed by atoms with van der Waals surface area (Å²) in [7, 11) is 0. The Hall–Kier alpha value is -1.68. The van der Waals surface area contributed by atoms with Crippen LogP contribution in [0.4, 0.5) is 0 Å². The molecule has 2 rings (SSSR count). The van der Waals surface area contributed by atoms with Gasteiger partial charge in [0.1, 0.15) is 0 Å². The minimum atomic E-state index is 0.795. The first-order chi connectivity index (χ1) is 8.20. The number of nitrogens with zero attached hydrogens (tertiary/aromatic N) is 3. The molecule has 1 N–H and O–H groups in total. The summed E-state index contributed by atoms with van der Waals surface area (Å²) >= 11 is 0. The number of nitrogens with one attached hydrogen (secondary N) is 1. The van der Waals surface area contributed by atoms with Crippen molar-refractivity contribution in [1.82, 2.24) is 20.1 Å². The summed E-state index contributed by atoms with van der Waals surface area (Å²) in [5.74, 6) is 0.881. The van der Waals surface area contributed by atoms with E-state index in [1.165, 1.54) is 0 Å². The highest BCUT2D eigenvalue weighted by molar-refractivity contribution is 5.27. The Labute approximate surface area is 102 Å². The molecule has 0 aliphatic rings. The van der Waals surface area contributed by atoms with Crippen molar-refractivity contribution in [2.24, 2.45) is 0 Å². The fourth-order valence-corrected chi connectivity index (χ4v) is 1.80. The number of pyridine rings is 1. The van der Waals surface area contributed by atoms with E-state index in [-0.39, 0.29) is 0 Å². The van der Waals surface area contributed by atoms with Gasteiger partial charge in [0.2, 0.25) is 0 Å². The summed E-state index contributed by atoms with van der Waals surface area (Å²) in [5, 5.41) is 7.71. The molecule has 2 aromatic heterocycles. The van der Waals surface area contributed by atoms with Crippen LogP contribution in [0, 0.1) is 13.8 Å². The van der Waals surface area contributed by atoms with E-state index in [2.05, 4.69) is 28.4 Å². The van der Waals surface area contributed by atoms with Crippen LogP contribution in [0.25, 0.3) is 5.82 Å². The summed E-state index contributed by atoms with van der Waals surface area (Å²) in [6.45, 7) is 7.87. The van der Waals surface area contributed by atoms with Crippen LogP contribution < -0.4 is 5.32 Å². The summed E-state index contributed by atoms with van der Waals surface area (Å²) in [6, 6.07) is 8.08. The van der Waals surface area contributed by atoms with E-state index in [1.807, 2.05) is 36.7 Å². The quantitative estimate of drug-likeness (QED) is 0.873. The molecule has 0 spiro atoms. The maximum Gasteiger partial charge on any atom is 0.153 e. The van der Waals surface area contributed by atoms with Gasteiger partial charge in [-0.25, -0.2) is 9.67 Å². The van der Waals surface area contributed by atoms with Crippen molar-refractivity contribution >= 4 is 0 Å². The molecular formula is C13H18N4. The smallest absolute Gasteiger partial charge is 0.153 e. The third-order valence-corrected chi connectivity index (χ3v) is 2.57. The fourth-order valence-electron chi connectivity index (χ4n) is 1.80. The van der Waals surface area contributed by atoms with E-state index >= 15 is 0 Å². The second kappa shape index (κ2) is 5.10. The third kappa shape index (κ3) is 2.71. The first kappa shape index (κ1) is 11.8. The zero-order valence-electron chi connectivity index (χ0n) is 10.6. The van der Waals surface area contributed by atoms with Gasteiger partial charge in [0, 0.05) is 12.2 Å². The Kier molecular flexibility index (Phi) is 3.54. The van der Waals surface area contributed by atoms with Gasteiger partial charge in [-0.15, -0.1) is 0 Å². The lowest BCUT2D eigenvalue weighted by Gasteiger charge is -2.06. The summed E-state index contributed by atoms with van der Waals surface area (Å²) < 4.78 is 1.88. The molecule has 2 aromatic rings. The molecule has 0 aliphatic carbocycles. The molecule has 4 heteroatoms. The van der Waals surface area contributed by atoms with Crippen molar-refractivity contribution in [2.45, 2.75) is 27.3 Å². The summed E-state index contributed by atoms with van der Waals surface area (Å²) in [6.07, 6.45) is 0. The van der Waals surface area contributed by atoms with E-state index < -0.39 is 0 Å². The lowest BCUT2D eigenvalue weighted by atomic mass is 10.3. The zero-order chi connectivity index (χ0) is 12.3. The van der Waals surface area contributed by atoms with Gasteiger partial charge in [-0.1, -0.05) is 13.0 Å². The minimum absolute atomic E-state index is 0.795. The summed E-state index contributed by atoms with van der Waals surface area (Å²) in [4.78, 5) is 4.59. The van der Waals surface area contributed by atoms with Gasteiger partial charge in [-0.3, -0.25) is 0 Å². The van der Waals surface area contributed by atoms with Crippen LogP contribution in [0.5, 0.6) is 0 Å². The van der Waals surface area contributed by atoms with Gasteiger partial charge in [0.25, 0.3) is 0 Å². The summed E-state index contributed by atoms with van der Waals surface area (Å²) in [5.41, 5.74) is 3.16.